The molecule has 32 heavy (non-hydrogen) atoms. The highest BCUT2D eigenvalue weighted by Crippen LogP contribution is 2.25. The van der Waals surface area contributed by atoms with Gasteiger partial charge < -0.3 is 9.64 Å². The zero-order valence-electron chi connectivity index (χ0n) is 18.0. The average Bonchev–Trinajstić information content (AvgIpc) is 2.70. The van der Waals surface area contributed by atoms with Crippen molar-refractivity contribution in [1.29, 1.82) is 0 Å². The molecule has 174 valence electrons. The van der Waals surface area contributed by atoms with Crippen molar-refractivity contribution in [2.75, 3.05) is 19.7 Å². The van der Waals surface area contributed by atoms with E-state index < -0.39 is 15.8 Å². The van der Waals surface area contributed by atoms with Gasteiger partial charge in [-0.1, -0.05) is 23.7 Å². The topological polar surface area (TPSA) is 92.9 Å². The summed E-state index contributed by atoms with van der Waals surface area (Å²) in [4.78, 5) is 16.9. The second kappa shape index (κ2) is 10.2. The Morgan fingerprint density at radius 3 is 2.50 bits per heavy atom. The predicted molar refractivity (Wildman–Crippen MR) is 121 cm³/mol. The van der Waals surface area contributed by atoms with Crippen LogP contribution in [0.25, 0.3) is 0 Å². The van der Waals surface area contributed by atoms with Crippen LogP contribution in [0.1, 0.15) is 25.0 Å². The maximum Gasteiger partial charge on any atom is 0.260 e. The van der Waals surface area contributed by atoms with E-state index in [9.17, 15) is 17.6 Å². The van der Waals surface area contributed by atoms with Gasteiger partial charge in [-0.3, -0.25) is 9.69 Å². The van der Waals surface area contributed by atoms with E-state index in [0.29, 0.717) is 30.2 Å². The van der Waals surface area contributed by atoms with E-state index in [1.807, 2.05) is 13.8 Å². The van der Waals surface area contributed by atoms with Gasteiger partial charge in [0.1, 0.15) is 11.6 Å². The van der Waals surface area contributed by atoms with Crippen LogP contribution in [0.2, 0.25) is 5.02 Å². The molecule has 2 unspecified atom stereocenters. The molecule has 1 fully saturated rings. The van der Waals surface area contributed by atoms with E-state index in [1.54, 1.807) is 23.1 Å². The number of piperazine rings is 1. The maximum absolute atomic E-state index is 13.2. The van der Waals surface area contributed by atoms with Crippen molar-refractivity contribution in [1.82, 2.24) is 9.80 Å². The Bertz CT molecular complexity index is 1070. The van der Waals surface area contributed by atoms with Gasteiger partial charge in [-0.15, -0.1) is 0 Å². The Morgan fingerprint density at radius 2 is 1.84 bits per heavy atom. The standard InChI is InChI=1S/C22H27ClFN3O4S/c1-15-11-27(16(2)10-26(15)12-17-3-6-20(24)7-4-17)22(28)13-31-21-8-5-19(23)9-18(21)14-32(25,29)30/h3-9,15-16H,10-14H2,1-2H3,(H2,25,29,30). The van der Waals surface area contributed by atoms with Gasteiger partial charge in [-0.2, -0.15) is 0 Å². The van der Waals surface area contributed by atoms with Crippen molar-refractivity contribution in [3.05, 3.63) is 64.4 Å². The van der Waals surface area contributed by atoms with Crippen molar-refractivity contribution in [3.63, 3.8) is 0 Å². The number of amides is 1. The van der Waals surface area contributed by atoms with E-state index in [-0.39, 0.29) is 36.2 Å². The number of sulfonamides is 1. The number of benzene rings is 2. The fourth-order valence-corrected chi connectivity index (χ4v) is 4.68. The van der Waals surface area contributed by atoms with Crippen LogP contribution in [0.5, 0.6) is 5.75 Å². The molecule has 0 bridgehead atoms. The number of rotatable bonds is 7. The van der Waals surface area contributed by atoms with Crippen LogP contribution in [0, 0.1) is 5.82 Å². The summed E-state index contributed by atoms with van der Waals surface area (Å²) in [7, 11) is -3.79. The van der Waals surface area contributed by atoms with Gasteiger partial charge in [0.15, 0.2) is 6.61 Å². The largest absolute Gasteiger partial charge is 0.483 e. The zero-order chi connectivity index (χ0) is 23.5. The molecular weight excluding hydrogens is 457 g/mol. The molecule has 1 saturated heterocycles. The number of primary sulfonamides is 1. The SMILES string of the molecule is CC1CN(C(=O)COc2ccc(Cl)cc2CS(N)(=O)=O)C(C)CN1Cc1ccc(F)cc1. The summed E-state index contributed by atoms with van der Waals surface area (Å²) >= 11 is 5.96. The highest BCUT2D eigenvalue weighted by Gasteiger charge is 2.32. The lowest BCUT2D eigenvalue weighted by molar-refractivity contribution is -0.139. The van der Waals surface area contributed by atoms with E-state index >= 15 is 0 Å². The fourth-order valence-electron chi connectivity index (χ4n) is 3.83. The number of ether oxygens (including phenoxy) is 1. The molecule has 0 aromatic heterocycles. The van der Waals surface area contributed by atoms with E-state index in [4.69, 9.17) is 21.5 Å². The highest BCUT2D eigenvalue weighted by molar-refractivity contribution is 7.88. The molecule has 7 nitrogen and oxygen atoms in total. The second-order valence-corrected chi connectivity index (χ2v) is 10.2. The second-order valence-electron chi connectivity index (χ2n) is 8.15. The molecule has 0 radical (unpaired) electrons. The Kier molecular flexibility index (Phi) is 7.76. The minimum Gasteiger partial charge on any atom is -0.483 e. The zero-order valence-corrected chi connectivity index (χ0v) is 19.6. The van der Waals surface area contributed by atoms with Crippen LogP contribution in [0.4, 0.5) is 4.39 Å². The number of nitrogens with zero attached hydrogens (tertiary/aromatic N) is 2. The summed E-state index contributed by atoms with van der Waals surface area (Å²) in [5.41, 5.74) is 1.32. The van der Waals surface area contributed by atoms with Crippen molar-refractivity contribution in [2.24, 2.45) is 5.14 Å². The molecule has 0 spiro atoms. The summed E-state index contributed by atoms with van der Waals surface area (Å²) in [6, 6.07) is 11.0. The van der Waals surface area contributed by atoms with Gasteiger partial charge in [-0.25, -0.2) is 17.9 Å². The van der Waals surface area contributed by atoms with Gasteiger partial charge in [0.2, 0.25) is 10.0 Å². The quantitative estimate of drug-likeness (QED) is 0.653. The monoisotopic (exact) mass is 483 g/mol. The van der Waals surface area contributed by atoms with Crippen molar-refractivity contribution >= 4 is 27.5 Å². The number of hydrogen-bond donors (Lipinski definition) is 1. The first kappa shape index (κ1) is 24.4. The van der Waals surface area contributed by atoms with Crippen LogP contribution in [-0.4, -0.2) is 55.9 Å². The number of halogens is 2. The Labute approximate surface area is 192 Å². The number of carbonyl (C=O) groups excluding carboxylic acids is 1. The van der Waals surface area contributed by atoms with Gasteiger partial charge in [-0.05, 0) is 49.7 Å². The van der Waals surface area contributed by atoms with E-state index in [1.165, 1.54) is 24.3 Å². The van der Waals surface area contributed by atoms with Gasteiger partial charge in [0, 0.05) is 42.3 Å². The summed E-state index contributed by atoms with van der Waals surface area (Å²) in [5.74, 6) is -0.639. The number of hydrogen-bond acceptors (Lipinski definition) is 5. The molecule has 2 aromatic rings. The van der Waals surface area contributed by atoms with Gasteiger partial charge in [0.05, 0.1) is 5.75 Å². The molecule has 2 N–H and O–H groups in total. The molecule has 1 aliphatic rings. The van der Waals surface area contributed by atoms with Crippen LogP contribution in [0.3, 0.4) is 0 Å². The lowest BCUT2D eigenvalue weighted by atomic mass is 10.1. The minimum absolute atomic E-state index is 0.0446. The van der Waals surface area contributed by atoms with Gasteiger partial charge >= 0.3 is 0 Å². The molecule has 0 aliphatic carbocycles. The average molecular weight is 484 g/mol. The summed E-state index contributed by atoms with van der Waals surface area (Å²) in [5, 5.41) is 5.49. The van der Waals surface area contributed by atoms with Crippen LogP contribution in [0.15, 0.2) is 42.5 Å². The van der Waals surface area contributed by atoms with Crippen LogP contribution < -0.4 is 9.88 Å². The van der Waals surface area contributed by atoms with Crippen molar-refractivity contribution in [3.8, 4) is 5.75 Å². The molecule has 2 atom stereocenters. The molecule has 1 heterocycles. The summed E-state index contributed by atoms with van der Waals surface area (Å²) in [6.45, 7) is 5.65. The molecule has 10 heteroatoms. The predicted octanol–water partition coefficient (Wildman–Crippen LogP) is 2.77. The minimum atomic E-state index is -3.79. The maximum atomic E-state index is 13.2. The number of nitrogens with two attached hydrogens (primary N) is 1. The molecule has 3 rings (SSSR count). The Hall–Kier alpha value is -2.20. The third-order valence-corrected chi connectivity index (χ3v) is 6.41. The van der Waals surface area contributed by atoms with Crippen molar-refractivity contribution in [2.45, 2.75) is 38.2 Å². The third kappa shape index (κ3) is 6.65. The van der Waals surface area contributed by atoms with Crippen LogP contribution in [-0.2, 0) is 27.1 Å². The first-order valence-corrected chi connectivity index (χ1v) is 12.3. The van der Waals surface area contributed by atoms with Crippen molar-refractivity contribution < 1.29 is 22.3 Å². The first-order chi connectivity index (χ1) is 15.0. The third-order valence-electron chi connectivity index (χ3n) is 5.46. The fraction of sp³-hybridized carbons (Fsp3) is 0.409. The molecule has 1 aliphatic heterocycles. The molecule has 0 saturated carbocycles. The van der Waals surface area contributed by atoms with Gasteiger partial charge in [0.25, 0.3) is 5.91 Å². The van der Waals surface area contributed by atoms with Crippen LogP contribution >= 0.6 is 11.6 Å². The van der Waals surface area contributed by atoms with E-state index in [0.717, 1.165) is 5.56 Å². The molecule has 2 aromatic carbocycles. The molecule has 1 amide bonds. The first-order valence-electron chi connectivity index (χ1n) is 10.2. The summed E-state index contributed by atoms with van der Waals surface area (Å²) in [6.07, 6.45) is 0. The highest BCUT2D eigenvalue weighted by atomic mass is 35.5. The smallest absolute Gasteiger partial charge is 0.260 e. The Morgan fingerprint density at radius 1 is 1.16 bits per heavy atom. The summed E-state index contributed by atoms with van der Waals surface area (Å²) < 4.78 is 41.8. The molecular formula is C22H27ClFN3O4S. The Balaban J connectivity index is 1.61. The number of carbonyl (C=O) groups is 1. The normalized spacial score (nSPS) is 19.7. The van der Waals surface area contributed by atoms with E-state index in [2.05, 4.69) is 4.90 Å². The lowest BCUT2D eigenvalue weighted by Gasteiger charge is -2.44. The lowest BCUT2D eigenvalue weighted by Crippen LogP contribution is -2.58.